The second-order valence-electron chi connectivity index (χ2n) is 3.28. The van der Waals surface area contributed by atoms with Gasteiger partial charge in [-0.3, -0.25) is 9.32 Å². The number of carbonyl (C=O) groups is 1. The summed E-state index contributed by atoms with van der Waals surface area (Å²) < 4.78 is 28.8. The molecule has 0 aromatic rings. The third-order valence-electron chi connectivity index (χ3n) is 1.56. The van der Waals surface area contributed by atoms with Gasteiger partial charge in [-0.05, 0) is 6.92 Å². The van der Waals surface area contributed by atoms with E-state index >= 15 is 0 Å². The van der Waals surface area contributed by atoms with Crippen LogP contribution in [-0.2, 0) is 22.8 Å². The number of hydrogen-bond acceptors (Lipinski definition) is 6. The number of carboxylic acid groups (broad SMARTS) is 1. The lowest BCUT2D eigenvalue weighted by Crippen LogP contribution is -2.29. The topological polar surface area (TPSA) is 130 Å². The molecule has 0 saturated heterocycles. The molecule has 0 aliphatic heterocycles. The normalized spacial score (nSPS) is 18.9. The molecule has 1 unspecified atom stereocenters. The maximum Gasteiger partial charge on any atom is 0.482 e. The zero-order chi connectivity index (χ0) is 12.8. The summed E-state index contributed by atoms with van der Waals surface area (Å²) in [6, 6.07) is 0. The van der Waals surface area contributed by atoms with Crippen molar-refractivity contribution >= 4 is 22.5 Å². The van der Waals surface area contributed by atoms with Crippen molar-refractivity contribution in [3.8, 4) is 0 Å². The summed E-state index contributed by atoms with van der Waals surface area (Å²) in [5, 5.41) is 17.9. The Morgan fingerprint density at radius 3 is 2.56 bits per heavy atom. The fourth-order valence-corrected chi connectivity index (χ4v) is 1.71. The second-order valence-corrected chi connectivity index (χ2v) is 5.27. The van der Waals surface area contributed by atoms with Crippen molar-refractivity contribution in [1.82, 2.24) is 0 Å². The summed E-state index contributed by atoms with van der Waals surface area (Å²) >= 11 is 0. The fourth-order valence-electron chi connectivity index (χ4n) is 0.861. The largest absolute Gasteiger partial charge is 0.482 e. The predicted molar refractivity (Wildman–Crippen MR) is 52.0 cm³/mol. The maximum atomic E-state index is 10.8. The van der Waals surface area contributed by atoms with Crippen LogP contribution in [0.4, 0.5) is 0 Å². The Hall–Kier alpha value is -0.360. The van der Waals surface area contributed by atoms with E-state index in [2.05, 4.69) is 8.83 Å². The van der Waals surface area contributed by atoms with Crippen molar-refractivity contribution < 1.29 is 37.9 Å². The quantitative estimate of drug-likeness (QED) is 0.557. The number of hydrogen-bond donors (Lipinski definition) is 3. The lowest BCUT2D eigenvalue weighted by atomic mass is 9.99. The Morgan fingerprint density at radius 1 is 1.56 bits per heavy atom. The van der Waals surface area contributed by atoms with Gasteiger partial charge in [-0.1, -0.05) is 0 Å². The van der Waals surface area contributed by atoms with E-state index in [4.69, 9.17) is 10.00 Å². The number of phosphoric acid groups is 1. The molecule has 0 fully saturated rings. The third-order valence-corrected chi connectivity index (χ3v) is 3.16. The summed E-state index contributed by atoms with van der Waals surface area (Å²) in [6.45, 7) is 0.850. The molecule has 0 aliphatic rings. The summed E-state index contributed by atoms with van der Waals surface area (Å²) in [4.78, 5) is 19.1. The van der Waals surface area contributed by atoms with Gasteiger partial charge in [0.25, 0.3) is 0 Å². The highest BCUT2D eigenvalue weighted by Crippen LogP contribution is 2.46. The standard InChI is InChI=1S/C6H12O8P2/c1-6(9,4-5(7)8)2-3-13-16(11,12)14-15-10/h9H,2-4H2,1H3,(H,7,8)(H,11,12)/t6-/m1/s1. The molecular formula is C6H12O8P2. The molecule has 3 N–H and O–H groups in total. The van der Waals surface area contributed by atoms with E-state index in [1.54, 1.807) is 0 Å². The van der Waals surface area contributed by atoms with Crippen LogP contribution in [-0.4, -0.2) is 33.3 Å². The molecule has 0 bridgehead atoms. The highest BCUT2D eigenvalue weighted by Gasteiger charge is 2.27. The smallest absolute Gasteiger partial charge is 0.481 e. The Kier molecular flexibility index (Phi) is 6.25. The highest BCUT2D eigenvalue weighted by molar-refractivity contribution is 7.52. The van der Waals surface area contributed by atoms with Crippen LogP contribution in [0.15, 0.2) is 0 Å². The van der Waals surface area contributed by atoms with Crippen molar-refractivity contribution in [3.05, 3.63) is 0 Å². The highest BCUT2D eigenvalue weighted by atomic mass is 31.2. The van der Waals surface area contributed by atoms with E-state index in [-0.39, 0.29) is 6.42 Å². The van der Waals surface area contributed by atoms with Crippen LogP contribution in [0.25, 0.3) is 0 Å². The number of aliphatic hydroxyl groups is 1. The van der Waals surface area contributed by atoms with E-state index in [0.717, 1.165) is 0 Å². The molecule has 0 rings (SSSR count). The molecule has 0 radical (unpaired) electrons. The van der Waals surface area contributed by atoms with Gasteiger partial charge < -0.3 is 15.1 Å². The molecule has 0 amide bonds. The van der Waals surface area contributed by atoms with Gasteiger partial charge in [0.15, 0.2) is 0 Å². The predicted octanol–water partition coefficient (Wildman–Crippen LogP) is 0.942. The van der Waals surface area contributed by atoms with E-state index < -0.39 is 41.1 Å². The number of rotatable bonds is 8. The van der Waals surface area contributed by atoms with Crippen molar-refractivity contribution in [1.29, 1.82) is 0 Å². The molecule has 94 valence electrons. The summed E-state index contributed by atoms with van der Waals surface area (Å²) in [5.74, 6) is -1.20. The SMILES string of the molecule is C[C@@](O)(CCOP(=O)(O)OP=O)CC(=O)O. The zero-order valence-electron chi connectivity index (χ0n) is 8.40. The molecule has 16 heavy (non-hydrogen) atoms. The first-order valence-corrected chi connectivity index (χ1v) is 6.34. The molecule has 0 aromatic carbocycles. The molecule has 2 atom stereocenters. The van der Waals surface area contributed by atoms with Crippen molar-refractivity contribution in [3.63, 3.8) is 0 Å². The van der Waals surface area contributed by atoms with E-state index in [9.17, 15) is 19.0 Å². The first kappa shape index (κ1) is 15.6. The number of phosphoric ester groups is 1. The third kappa shape index (κ3) is 7.87. The lowest BCUT2D eigenvalue weighted by molar-refractivity contribution is -0.142. The van der Waals surface area contributed by atoms with E-state index in [0.29, 0.717) is 0 Å². The molecule has 0 heterocycles. The minimum atomic E-state index is -4.40. The molecule has 8 nitrogen and oxygen atoms in total. The zero-order valence-corrected chi connectivity index (χ0v) is 10.2. The lowest BCUT2D eigenvalue weighted by Gasteiger charge is -2.20. The maximum absolute atomic E-state index is 10.8. The van der Waals surface area contributed by atoms with Crippen molar-refractivity contribution in [2.24, 2.45) is 0 Å². The Morgan fingerprint density at radius 2 is 2.12 bits per heavy atom. The van der Waals surface area contributed by atoms with Crippen molar-refractivity contribution in [2.45, 2.75) is 25.4 Å². The molecule has 10 heteroatoms. The average molecular weight is 274 g/mol. The number of aliphatic carboxylic acids is 1. The first-order chi connectivity index (χ1) is 7.18. The molecule has 0 saturated carbocycles. The van der Waals surface area contributed by atoms with E-state index in [1.807, 2.05) is 0 Å². The minimum Gasteiger partial charge on any atom is -0.481 e. The number of carboxylic acids is 1. The molecule has 0 aromatic heterocycles. The summed E-state index contributed by atoms with van der Waals surface area (Å²) in [5.41, 5.74) is -1.55. The van der Waals surface area contributed by atoms with Gasteiger partial charge in [0.2, 0.25) is 0 Å². The second kappa shape index (κ2) is 6.39. The monoisotopic (exact) mass is 274 g/mol. The fraction of sp³-hybridized carbons (Fsp3) is 0.833. The first-order valence-electron chi connectivity index (χ1n) is 4.11. The van der Waals surface area contributed by atoms with Gasteiger partial charge in [0.1, 0.15) is 0 Å². The van der Waals surface area contributed by atoms with E-state index in [1.165, 1.54) is 6.92 Å². The van der Waals surface area contributed by atoms with Crippen LogP contribution in [0.5, 0.6) is 0 Å². The van der Waals surface area contributed by atoms with Gasteiger partial charge in [0.05, 0.1) is 18.6 Å². The van der Waals surface area contributed by atoms with Crippen LogP contribution in [0, 0.1) is 0 Å². The van der Waals surface area contributed by atoms with Crippen molar-refractivity contribution in [2.75, 3.05) is 6.61 Å². The molecule has 0 spiro atoms. The minimum absolute atomic E-state index is 0.178. The van der Waals surface area contributed by atoms with Gasteiger partial charge in [-0.25, -0.2) is 9.13 Å². The van der Waals surface area contributed by atoms with Gasteiger partial charge in [-0.15, -0.1) is 0 Å². The molecule has 0 aliphatic carbocycles. The van der Waals surface area contributed by atoms with Gasteiger partial charge in [0, 0.05) is 6.42 Å². The van der Waals surface area contributed by atoms with Crippen LogP contribution in [0.1, 0.15) is 19.8 Å². The van der Waals surface area contributed by atoms with Gasteiger partial charge >= 0.3 is 22.5 Å². The van der Waals surface area contributed by atoms with Gasteiger partial charge in [-0.2, -0.15) is 4.31 Å². The van der Waals surface area contributed by atoms with Crippen LogP contribution < -0.4 is 0 Å². The Bertz CT molecular complexity index is 301. The summed E-state index contributed by atoms with van der Waals surface area (Å²) in [7, 11) is -5.40. The average Bonchev–Trinajstić information content (AvgIpc) is 1.99. The summed E-state index contributed by atoms with van der Waals surface area (Å²) in [6.07, 6.45) is -0.699. The van der Waals surface area contributed by atoms with Crippen LogP contribution in [0.3, 0.4) is 0 Å². The Labute approximate surface area is 93.1 Å². The van der Waals surface area contributed by atoms with Crippen LogP contribution >= 0.6 is 16.5 Å². The van der Waals surface area contributed by atoms with Crippen LogP contribution in [0.2, 0.25) is 0 Å². The molecular weight excluding hydrogens is 262 g/mol. The Balaban J connectivity index is 4.02.